The summed E-state index contributed by atoms with van der Waals surface area (Å²) in [6.45, 7) is 13.4. The van der Waals surface area contributed by atoms with E-state index in [0.717, 1.165) is 44.5 Å². The second kappa shape index (κ2) is 9.70. The molecule has 0 fully saturated rings. The minimum atomic E-state index is -3.77. The van der Waals surface area contributed by atoms with E-state index in [1.165, 1.54) is 11.1 Å². The Morgan fingerprint density at radius 3 is 1.74 bits per heavy atom. The van der Waals surface area contributed by atoms with Crippen molar-refractivity contribution in [3.8, 4) is 22.8 Å². The van der Waals surface area contributed by atoms with Crippen molar-refractivity contribution in [1.82, 2.24) is 9.55 Å². The monoisotopic (exact) mass is 576 g/mol. The summed E-state index contributed by atoms with van der Waals surface area (Å²) in [5.74, 6) is 0.866. The van der Waals surface area contributed by atoms with Crippen molar-refractivity contribution >= 4 is 42.7 Å². The summed E-state index contributed by atoms with van der Waals surface area (Å²) in [4.78, 5) is 5.30. The van der Waals surface area contributed by atoms with Crippen LogP contribution < -0.4 is 4.18 Å². The molecule has 6 aromatic rings. The highest BCUT2D eigenvalue weighted by atomic mass is 32.2. The molecular weight excluding hydrogens is 540 g/mol. The summed E-state index contributed by atoms with van der Waals surface area (Å²) >= 11 is 0. The Morgan fingerprint density at radius 1 is 0.667 bits per heavy atom. The molecule has 0 aliphatic heterocycles. The van der Waals surface area contributed by atoms with Crippen molar-refractivity contribution in [1.29, 1.82) is 0 Å². The number of para-hydroxylation sites is 1. The van der Waals surface area contributed by atoms with E-state index < -0.39 is 10.1 Å². The van der Waals surface area contributed by atoms with Gasteiger partial charge in [0.25, 0.3) is 0 Å². The highest BCUT2D eigenvalue weighted by Gasteiger charge is 2.26. The van der Waals surface area contributed by atoms with Crippen LogP contribution >= 0.6 is 0 Å². The molecule has 0 saturated carbocycles. The molecule has 0 unspecified atom stereocenters. The molecule has 1 heterocycles. The van der Waals surface area contributed by atoms with Crippen LogP contribution in [0.5, 0.6) is 5.75 Å². The van der Waals surface area contributed by atoms with Crippen LogP contribution in [0.25, 0.3) is 49.7 Å². The zero-order valence-corrected chi connectivity index (χ0v) is 26.0. The number of hydrogen-bond donors (Lipinski definition) is 0. The van der Waals surface area contributed by atoms with E-state index in [9.17, 15) is 8.42 Å². The second-order valence-corrected chi connectivity index (χ2v) is 14.7. The SMILES string of the molecule is CC(C)(C)c1cc(-n2c(-c3ccccc3OS(C)(=O)=O)nc3c4ccccc4c4ccccc4c32)cc(C(C)(C)C)c1. The average Bonchev–Trinajstić information content (AvgIpc) is 3.32. The van der Waals surface area contributed by atoms with E-state index in [-0.39, 0.29) is 16.6 Å². The molecule has 0 saturated heterocycles. The molecule has 0 aliphatic carbocycles. The third-order valence-electron chi connectivity index (χ3n) is 7.81. The average molecular weight is 577 g/mol. The minimum Gasteiger partial charge on any atom is -0.382 e. The normalized spacial score (nSPS) is 12.8. The topological polar surface area (TPSA) is 61.2 Å². The number of benzene rings is 5. The molecule has 5 aromatic carbocycles. The van der Waals surface area contributed by atoms with Crippen LogP contribution in [-0.4, -0.2) is 24.2 Å². The van der Waals surface area contributed by atoms with E-state index in [1.54, 1.807) is 12.1 Å². The first kappa shape index (κ1) is 28.0. The summed E-state index contributed by atoms with van der Waals surface area (Å²) in [7, 11) is -3.77. The Bertz CT molecular complexity index is 2080. The van der Waals surface area contributed by atoms with Crippen molar-refractivity contribution in [2.75, 3.05) is 6.26 Å². The van der Waals surface area contributed by atoms with Gasteiger partial charge in [-0.1, -0.05) is 108 Å². The van der Waals surface area contributed by atoms with Gasteiger partial charge in [-0.15, -0.1) is 0 Å². The predicted octanol–water partition coefficient (Wildman–Crippen LogP) is 8.93. The summed E-state index contributed by atoms with van der Waals surface area (Å²) < 4.78 is 32.4. The summed E-state index contributed by atoms with van der Waals surface area (Å²) in [6.07, 6.45) is 1.07. The van der Waals surface area contributed by atoms with E-state index in [4.69, 9.17) is 9.17 Å². The molecule has 6 heteroatoms. The fourth-order valence-electron chi connectivity index (χ4n) is 5.63. The molecule has 0 bridgehead atoms. The number of fused-ring (bicyclic) bond motifs is 6. The lowest BCUT2D eigenvalue weighted by Gasteiger charge is -2.27. The number of hydrogen-bond acceptors (Lipinski definition) is 4. The highest BCUT2D eigenvalue weighted by Crippen LogP contribution is 2.42. The van der Waals surface area contributed by atoms with E-state index in [1.807, 2.05) is 18.2 Å². The second-order valence-electron chi connectivity index (χ2n) is 13.1. The Hall–Kier alpha value is -4.16. The zero-order chi connectivity index (χ0) is 30.0. The van der Waals surface area contributed by atoms with Gasteiger partial charge in [-0.3, -0.25) is 4.57 Å². The minimum absolute atomic E-state index is 0.0986. The lowest BCUT2D eigenvalue weighted by Crippen LogP contribution is -2.17. The van der Waals surface area contributed by atoms with Gasteiger partial charge in [-0.25, -0.2) is 4.98 Å². The highest BCUT2D eigenvalue weighted by molar-refractivity contribution is 7.86. The van der Waals surface area contributed by atoms with Crippen LogP contribution in [0.1, 0.15) is 52.7 Å². The predicted molar refractivity (Wildman–Crippen MR) is 174 cm³/mol. The van der Waals surface area contributed by atoms with Gasteiger partial charge in [0.2, 0.25) is 0 Å². The first-order chi connectivity index (χ1) is 19.7. The number of nitrogens with zero attached hydrogens (tertiary/aromatic N) is 2. The number of rotatable bonds is 4. The first-order valence-electron chi connectivity index (χ1n) is 14.2. The molecule has 1 aromatic heterocycles. The Kier molecular flexibility index (Phi) is 6.46. The van der Waals surface area contributed by atoms with Gasteiger partial charge in [0.1, 0.15) is 5.82 Å². The standard InChI is InChI=1S/C36H36N2O3S/c1-35(2,3)23-20-24(36(4,5)6)22-25(21-23)38-33-29-17-11-9-15-27(29)26-14-8-10-16-28(26)32(33)37-34(38)30-18-12-13-19-31(30)41-42(7,39)40/h8-22H,1-7H3. The van der Waals surface area contributed by atoms with Gasteiger partial charge < -0.3 is 4.18 Å². The Labute approximate surface area is 247 Å². The summed E-state index contributed by atoms with van der Waals surface area (Å²) in [5.41, 5.74) is 5.63. The van der Waals surface area contributed by atoms with Crippen molar-refractivity contribution < 1.29 is 12.6 Å². The molecule has 214 valence electrons. The van der Waals surface area contributed by atoms with Crippen molar-refractivity contribution in [3.05, 3.63) is 102 Å². The maximum absolute atomic E-state index is 12.3. The molecule has 0 N–H and O–H groups in total. The van der Waals surface area contributed by atoms with Gasteiger partial charge in [0, 0.05) is 16.5 Å². The van der Waals surface area contributed by atoms with Crippen molar-refractivity contribution in [2.45, 2.75) is 52.4 Å². The van der Waals surface area contributed by atoms with Crippen LogP contribution in [0, 0.1) is 0 Å². The number of aromatic nitrogens is 2. The molecule has 0 atom stereocenters. The Morgan fingerprint density at radius 2 is 1.17 bits per heavy atom. The van der Waals surface area contributed by atoms with E-state index in [2.05, 4.69) is 107 Å². The van der Waals surface area contributed by atoms with Gasteiger partial charge in [0.05, 0.1) is 22.9 Å². The van der Waals surface area contributed by atoms with Crippen LogP contribution in [0.2, 0.25) is 0 Å². The van der Waals surface area contributed by atoms with Crippen LogP contribution in [0.3, 0.4) is 0 Å². The fourth-order valence-corrected chi connectivity index (χ4v) is 6.10. The van der Waals surface area contributed by atoms with Gasteiger partial charge in [-0.05, 0) is 57.0 Å². The Balaban J connectivity index is 1.85. The molecular formula is C36H36N2O3S. The van der Waals surface area contributed by atoms with Crippen molar-refractivity contribution in [3.63, 3.8) is 0 Å². The van der Waals surface area contributed by atoms with Crippen LogP contribution in [0.4, 0.5) is 0 Å². The maximum atomic E-state index is 12.3. The van der Waals surface area contributed by atoms with E-state index in [0.29, 0.717) is 11.4 Å². The summed E-state index contributed by atoms with van der Waals surface area (Å²) in [5, 5.41) is 4.37. The third kappa shape index (κ3) is 4.94. The van der Waals surface area contributed by atoms with Crippen molar-refractivity contribution in [2.24, 2.45) is 0 Å². The largest absolute Gasteiger partial charge is 0.382 e. The molecule has 0 aliphatic rings. The smallest absolute Gasteiger partial charge is 0.306 e. The molecule has 5 nitrogen and oxygen atoms in total. The van der Waals surface area contributed by atoms with Crippen LogP contribution in [-0.2, 0) is 20.9 Å². The third-order valence-corrected chi connectivity index (χ3v) is 8.29. The van der Waals surface area contributed by atoms with Gasteiger partial charge >= 0.3 is 10.1 Å². The molecule has 6 rings (SSSR count). The van der Waals surface area contributed by atoms with E-state index >= 15 is 0 Å². The molecule has 42 heavy (non-hydrogen) atoms. The molecule has 0 spiro atoms. The van der Waals surface area contributed by atoms with Gasteiger partial charge in [-0.2, -0.15) is 8.42 Å². The van der Waals surface area contributed by atoms with Gasteiger partial charge in [0.15, 0.2) is 5.75 Å². The fraction of sp³-hybridized carbons (Fsp3) is 0.250. The maximum Gasteiger partial charge on any atom is 0.306 e. The molecule has 0 amide bonds. The lowest BCUT2D eigenvalue weighted by molar-refractivity contribution is 0.493. The quantitative estimate of drug-likeness (QED) is 0.155. The molecule has 0 radical (unpaired) electrons. The first-order valence-corrected chi connectivity index (χ1v) is 16.0. The number of imidazole rings is 1. The van der Waals surface area contributed by atoms with Crippen LogP contribution in [0.15, 0.2) is 91.0 Å². The lowest BCUT2D eigenvalue weighted by atomic mass is 9.80. The zero-order valence-electron chi connectivity index (χ0n) is 25.2. The summed E-state index contributed by atoms with van der Waals surface area (Å²) in [6, 6.07) is 30.7.